The third-order valence-corrected chi connectivity index (χ3v) is 1.70. The summed E-state index contributed by atoms with van der Waals surface area (Å²) in [4.78, 5) is 14.5. The first-order valence-corrected chi connectivity index (χ1v) is 4.33. The molecular weight excluding hydrogens is 200 g/mol. The zero-order valence-electron chi connectivity index (χ0n) is 7.96. The van der Waals surface area contributed by atoms with Crippen LogP contribution < -0.4 is 10.5 Å². The molecule has 0 aliphatic carbocycles. The zero-order chi connectivity index (χ0) is 11.3. The van der Waals surface area contributed by atoms with Gasteiger partial charge >= 0.3 is 6.09 Å². The van der Waals surface area contributed by atoms with Crippen molar-refractivity contribution in [1.82, 2.24) is 4.98 Å². The Hall–Kier alpha value is -1.66. The molecule has 0 radical (unpaired) electrons. The van der Waals surface area contributed by atoms with Gasteiger partial charge < -0.3 is 20.7 Å². The molecule has 1 aromatic heterocycles. The van der Waals surface area contributed by atoms with Gasteiger partial charge in [0.1, 0.15) is 0 Å². The quantitative estimate of drug-likeness (QED) is 0.620. The third-order valence-electron chi connectivity index (χ3n) is 1.70. The molecule has 0 fully saturated rings. The molecule has 6 nitrogen and oxygen atoms in total. The van der Waals surface area contributed by atoms with Crippen molar-refractivity contribution < 1.29 is 19.7 Å². The van der Waals surface area contributed by atoms with Crippen molar-refractivity contribution in [2.75, 3.05) is 6.61 Å². The Morgan fingerprint density at radius 3 is 3.00 bits per heavy atom. The smallest absolute Gasteiger partial charge is 0.409 e. The summed E-state index contributed by atoms with van der Waals surface area (Å²) in [6.45, 7) is -0.382. The SMILES string of the molecule is NC(=O)Oc1cccnc1CC(O)CO. The molecule has 1 rings (SSSR count). The van der Waals surface area contributed by atoms with Gasteiger partial charge in [-0.3, -0.25) is 4.98 Å². The third kappa shape index (κ3) is 3.53. The highest BCUT2D eigenvalue weighted by molar-refractivity contribution is 5.68. The summed E-state index contributed by atoms with van der Waals surface area (Å²) >= 11 is 0. The summed E-state index contributed by atoms with van der Waals surface area (Å²) in [6, 6.07) is 3.09. The molecule has 1 unspecified atom stereocenters. The number of hydrogen-bond acceptors (Lipinski definition) is 5. The number of aromatic nitrogens is 1. The molecule has 0 saturated heterocycles. The van der Waals surface area contributed by atoms with E-state index in [0.29, 0.717) is 5.69 Å². The number of carbonyl (C=O) groups is 1. The predicted molar refractivity (Wildman–Crippen MR) is 51.2 cm³/mol. The number of rotatable bonds is 4. The highest BCUT2D eigenvalue weighted by Crippen LogP contribution is 2.16. The van der Waals surface area contributed by atoms with E-state index >= 15 is 0 Å². The van der Waals surface area contributed by atoms with Gasteiger partial charge in [0, 0.05) is 12.6 Å². The minimum absolute atomic E-state index is 0.0972. The summed E-state index contributed by atoms with van der Waals surface area (Å²) in [5, 5.41) is 17.9. The van der Waals surface area contributed by atoms with Crippen molar-refractivity contribution in [2.24, 2.45) is 5.73 Å². The minimum Gasteiger partial charge on any atom is -0.409 e. The largest absolute Gasteiger partial charge is 0.410 e. The predicted octanol–water partition coefficient (Wildman–Crippen LogP) is -0.565. The number of nitrogens with two attached hydrogens (primary N) is 1. The average molecular weight is 212 g/mol. The first-order chi connectivity index (χ1) is 7.13. The van der Waals surface area contributed by atoms with Gasteiger partial charge in [-0.25, -0.2) is 4.79 Å². The maximum atomic E-state index is 10.5. The van der Waals surface area contributed by atoms with E-state index < -0.39 is 12.2 Å². The second kappa shape index (κ2) is 5.28. The van der Waals surface area contributed by atoms with Crippen molar-refractivity contribution in [2.45, 2.75) is 12.5 Å². The Balaban J connectivity index is 2.81. The van der Waals surface area contributed by atoms with Gasteiger partial charge in [-0.2, -0.15) is 0 Å². The summed E-state index contributed by atoms with van der Waals surface area (Å²) in [5.41, 5.74) is 5.23. The molecule has 0 aromatic carbocycles. The van der Waals surface area contributed by atoms with E-state index in [0.717, 1.165) is 0 Å². The van der Waals surface area contributed by atoms with Gasteiger partial charge in [0.25, 0.3) is 0 Å². The number of nitrogens with zero attached hydrogens (tertiary/aromatic N) is 1. The number of pyridine rings is 1. The molecule has 0 aliphatic rings. The lowest BCUT2D eigenvalue weighted by molar-refractivity contribution is 0.0941. The average Bonchev–Trinajstić information content (AvgIpc) is 2.20. The fraction of sp³-hybridized carbons (Fsp3) is 0.333. The van der Waals surface area contributed by atoms with Gasteiger partial charge in [0.05, 0.1) is 18.4 Å². The fourth-order valence-corrected chi connectivity index (χ4v) is 1.07. The van der Waals surface area contributed by atoms with Crippen LogP contribution in [0.15, 0.2) is 18.3 Å². The van der Waals surface area contributed by atoms with Crippen LogP contribution >= 0.6 is 0 Å². The lowest BCUT2D eigenvalue weighted by atomic mass is 10.2. The van der Waals surface area contributed by atoms with Crippen LogP contribution in [0.1, 0.15) is 5.69 Å². The van der Waals surface area contributed by atoms with Crippen LogP contribution in [0.5, 0.6) is 5.75 Å². The number of carbonyl (C=O) groups excluding carboxylic acids is 1. The molecule has 0 aliphatic heterocycles. The molecule has 15 heavy (non-hydrogen) atoms. The van der Waals surface area contributed by atoms with Crippen molar-refractivity contribution in [3.8, 4) is 5.75 Å². The number of hydrogen-bond donors (Lipinski definition) is 3. The molecule has 82 valence electrons. The standard InChI is InChI=1S/C9H12N2O4/c10-9(14)15-8-2-1-3-11-7(8)4-6(13)5-12/h1-3,6,12-13H,4-5H2,(H2,10,14). The molecule has 6 heteroatoms. The second-order valence-corrected chi connectivity index (χ2v) is 2.91. The van der Waals surface area contributed by atoms with Crippen LogP contribution in [-0.4, -0.2) is 34.0 Å². The highest BCUT2D eigenvalue weighted by Gasteiger charge is 2.11. The van der Waals surface area contributed by atoms with Crippen molar-refractivity contribution in [3.05, 3.63) is 24.0 Å². The Morgan fingerprint density at radius 2 is 2.40 bits per heavy atom. The Labute approximate surface area is 86.3 Å². The molecule has 1 amide bonds. The lowest BCUT2D eigenvalue weighted by Gasteiger charge is -2.09. The molecule has 1 heterocycles. The van der Waals surface area contributed by atoms with E-state index in [1.165, 1.54) is 12.3 Å². The van der Waals surface area contributed by atoms with Crippen molar-refractivity contribution in [1.29, 1.82) is 0 Å². The van der Waals surface area contributed by atoms with Crippen LogP contribution in [0.2, 0.25) is 0 Å². The molecular formula is C9H12N2O4. The first kappa shape index (κ1) is 11.4. The minimum atomic E-state index is -0.942. The molecule has 0 saturated carbocycles. The van der Waals surface area contributed by atoms with Crippen molar-refractivity contribution >= 4 is 6.09 Å². The summed E-state index contributed by atoms with van der Waals surface area (Å²) < 4.78 is 4.67. The summed E-state index contributed by atoms with van der Waals surface area (Å²) in [7, 11) is 0. The Bertz CT molecular complexity index is 343. The lowest BCUT2D eigenvalue weighted by Crippen LogP contribution is -2.20. The first-order valence-electron chi connectivity index (χ1n) is 4.33. The molecule has 0 bridgehead atoms. The molecule has 1 aromatic rings. The monoisotopic (exact) mass is 212 g/mol. The van der Waals surface area contributed by atoms with Crippen LogP contribution in [0.4, 0.5) is 4.79 Å². The Kier molecular flexibility index (Phi) is 4.02. The summed E-state index contributed by atoms with van der Waals surface area (Å²) in [6.07, 6.45) is -0.286. The van der Waals surface area contributed by atoms with E-state index in [4.69, 9.17) is 10.8 Å². The Morgan fingerprint density at radius 1 is 1.67 bits per heavy atom. The number of primary amides is 1. The summed E-state index contributed by atoms with van der Waals surface area (Å²) in [5.74, 6) is 0.192. The van der Waals surface area contributed by atoms with Crippen LogP contribution in [-0.2, 0) is 6.42 Å². The maximum absolute atomic E-state index is 10.5. The van der Waals surface area contributed by atoms with Gasteiger partial charge in [-0.05, 0) is 12.1 Å². The van der Waals surface area contributed by atoms with E-state index in [1.54, 1.807) is 6.07 Å². The molecule has 0 spiro atoms. The maximum Gasteiger partial charge on any atom is 0.410 e. The number of amides is 1. The number of aliphatic hydroxyl groups excluding tert-OH is 2. The van der Waals surface area contributed by atoms with Crippen molar-refractivity contribution in [3.63, 3.8) is 0 Å². The number of aliphatic hydroxyl groups is 2. The van der Waals surface area contributed by atoms with E-state index in [1.807, 2.05) is 0 Å². The van der Waals surface area contributed by atoms with E-state index in [2.05, 4.69) is 9.72 Å². The van der Waals surface area contributed by atoms with E-state index in [-0.39, 0.29) is 18.8 Å². The van der Waals surface area contributed by atoms with Gasteiger partial charge in [-0.15, -0.1) is 0 Å². The van der Waals surface area contributed by atoms with E-state index in [9.17, 15) is 9.90 Å². The normalized spacial score (nSPS) is 12.1. The van der Waals surface area contributed by atoms with Gasteiger partial charge in [0.15, 0.2) is 5.75 Å². The van der Waals surface area contributed by atoms with Crippen LogP contribution in [0.25, 0.3) is 0 Å². The zero-order valence-corrected chi connectivity index (χ0v) is 7.96. The second-order valence-electron chi connectivity index (χ2n) is 2.91. The van der Waals surface area contributed by atoms with Gasteiger partial charge in [0.2, 0.25) is 0 Å². The topological polar surface area (TPSA) is 106 Å². The molecule has 4 N–H and O–H groups in total. The van der Waals surface area contributed by atoms with Gasteiger partial charge in [-0.1, -0.05) is 0 Å². The van der Waals surface area contributed by atoms with Crippen LogP contribution in [0.3, 0.4) is 0 Å². The molecule has 1 atom stereocenters. The van der Waals surface area contributed by atoms with Crippen LogP contribution in [0, 0.1) is 0 Å². The fourth-order valence-electron chi connectivity index (χ4n) is 1.07. The highest BCUT2D eigenvalue weighted by atomic mass is 16.5. The number of ether oxygens (including phenoxy) is 1.